The molecule has 0 unspecified atom stereocenters. The van der Waals surface area contributed by atoms with Gasteiger partial charge in [-0.2, -0.15) is 10.1 Å². The molecule has 8 nitrogen and oxygen atoms in total. The number of anilines is 1. The van der Waals surface area contributed by atoms with E-state index in [9.17, 15) is 4.79 Å². The van der Waals surface area contributed by atoms with Crippen LogP contribution in [0.1, 0.15) is 22.1 Å². The lowest BCUT2D eigenvalue weighted by Crippen LogP contribution is -2.12. The van der Waals surface area contributed by atoms with Gasteiger partial charge in [0.1, 0.15) is 11.6 Å². The molecule has 0 saturated carbocycles. The molecule has 0 bridgehead atoms. The highest BCUT2D eigenvalue weighted by Crippen LogP contribution is 2.11. The van der Waals surface area contributed by atoms with E-state index in [1.54, 1.807) is 29.9 Å². The SMILES string of the molecule is Cc1nc(NC(=O)c2ccc(Cn3cccn3)o2)n[nH]1. The summed E-state index contributed by atoms with van der Waals surface area (Å²) in [6.45, 7) is 2.22. The van der Waals surface area contributed by atoms with Crippen molar-refractivity contribution in [1.82, 2.24) is 25.0 Å². The molecule has 3 aromatic heterocycles. The normalized spacial score (nSPS) is 10.7. The number of aryl methyl sites for hydroxylation is 1. The van der Waals surface area contributed by atoms with E-state index in [0.29, 0.717) is 18.1 Å². The summed E-state index contributed by atoms with van der Waals surface area (Å²) < 4.78 is 7.17. The third-order valence-corrected chi connectivity index (χ3v) is 2.59. The van der Waals surface area contributed by atoms with Crippen LogP contribution in [0.3, 0.4) is 0 Å². The maximum atomic E-state index is 11.9. The Kier molecular flexibility index (Phi) is 3.04. The minimum Gasteiger partial charge on any atom is -0.454 e. The molecule has 3 rings (SSSR count). The first kappa shape index (κ1) is 12.2. The van der Waals surface area contributed by atoms with E-state index in [-0.39, 0.29) is 11.7 Å². The Hall–Kier alpha value is -2.90. The summed E-state index contributed by atoms with van der Waals surface area (Å²) in [7, 11) is 0. The second-order valence-electron chi connectivity index (χ2n) is 4.17. The third-order valence-electron chi connectivity index (χ3n) is 2.59. The largest absolute Gasteiger partial charge is 0.454 e. The highest BCUT2D eigenvalue weighted by Gasteiger charge is 2.13. The van der Waals surface area contributed by atoms with Crippen LogP contribution in [0.2, 0.25) is 0 Å². The van der Waals surface area contributed by atoms with E-state index >= 15 is 0 Å². The molecule has 3 heterocycles. The van der Waals surface area contributed by atoms with Crippen molar-refractivity contribution in [2.75, 3.05) is 5.32 Å². The predicted octanol–water partition coefficient (Wildman–Crippen LogP) is 1.20. The van der Waals surface area contributed by atoms with Crippen molar-refractivity contribution in [3.05, 3.63) is 47.9 Å². The average molecular weight is 272 g/mol. The van der Waals surface area contributed by atoms with Gasteiger partial charge < -0.3 is 4.42 Å². The summed E-state index contributed by atoms with van der Waals surface area (Å²) >= 11 is 0. The number of carbonyl (C=O) groups excluding carboxylic acids is 1. The molecular formula is C12H12N6O2. The van der Waals surface area contributed by atoms with Crippen LogP contribution < -0.4 is 5.32 Å². The molecule has 102 valence electrons. The Morgan fingerprint density at radius 2 is 2.40 bits per heavy atom. The van der Waals surface area contributed by atoms with E-state index in [0.717, 1.165) is 0 Å². The predicted molar refractivity (Wildman–Crippen MR) is 69.1 cm³/mol. The number of rotatable bonds is 4. The second kappa shape index (κ2) is 5.00. The molecule has 0 aliphatic carbocycles. The van der Waals surface area contributed by atoms with Crippen molar-refractivity contribution in [2.24, 2.45) is 0 Å². The zero-order chi connectivity index (χ0) is 13.9. The summed E-state index contributed by atoms with van der Waals surface area (Å²) in [6, 6.07) is 5.16. The van der Waals surface area contributed by atoms with Crippen LogP contribution in [0.4, 0.5) is 5.95 Å². The maximum Gasteiger partial charge on any atom is 0.293 e. The van der Waals surface area contributed by atoms with Gasteiger partial charge in [-0.3, -0.25) is 19.9 Å². The quantitative estimate of drug-likeness (QED) is 0.743. The van der Waals surface area contributed by atoms with Crippen molar-refractivity contribution in [3.8, 4) is 0 Å². The van der Waals surface area contributed by atoms with Gasteiger partial charge in [0.05, 0.1) is 6.54 Å². The van der Waals surface area contributed by atoms with Crippen molar-refractivity contribution in [2.45, 2.75) is 13.5 Å². The van der Waals surface area contributed by atoms with Gasteiger partial charge in [0.2, 0.25) is 5.95 Å². The number of H-pyrrole nitrogens is 1. The van der Waals surface area contributed by atoms with Crippen LogP contribution in [-0.4, -0.2) is 30.9 Å². The van der Waals surface area contributed by atoms with Gasteiger partial charge in [-0.25, -0.2) is 0 Å². The summed E-state index contributed by atoms with van der Waals surface area (Å²) in [4.78, 5) is 15.9. The first-order valence-corrected chi connectivity index (χ1v) is 5.97. The molecule has 3 aromatic rings. The molecular weight excluding hydrogens is 260 g/mol. The van der Waals surface area contributed by atoms with E-state index in [4.69, 9.17) is 4.42 Å². The van der Waals surface area contributed by atoms with Crippen LogP contribution >= 0.6 is 0 Å². The number of amides is 1. The molecule has 0 aromatic carbocycles. The Labute approximate surface area is 113 Å². The van der Waals surface area contributed by atoms with Gasteiger partial charge in [-0.15, -0.1) is 5.10 Å². The molecule has 0 radical (unpaired) electrons. The number of furan rings is 1. The fraction of sp³-hybridized carbons (Fsp3) is 0.167. The van der Waals surface area contributed by atoms with Crippen molar-refractivity contribution in [3.63, 3.8) is 0 Å². The minimum absolute atomic E-state index is 0.203. The highest BCUT2D eigenvalue weighted by atomic mass is 16.4. The molecule has 2 N–H and O–H groups in total. The Bertz CT molecular complexity index is 712. The van der Waals surface area contributed by atoms with E-state index in [2.05, 4.69) is 25.6 Å². The van der Waals surface area contributed by atoms with E-state index in [1.807, 2.05) is 12.3 Å². The van der Waals surface area contributed by atoms with Crippen LogP contribution in [-0.2, 0) is 6.54 Å². The second-order valence-corrected chi connectivity index (χ2v) is 4.17. The maximum absolute atomic E-state index is 11.9. The Balaban J connectivity index is 1.68. The number of carbonyl (C=O) groups is 1. The van der Waals surface area contributed by atoms with Gasteiger partial charge in [-0.05, 0) is 25.1 Å². The average Bonchev–Trinajstić information content (AvgIpc) is 3.12. The summed E-state index contributed by atoms with van der Waals surface area (Å²) in [5, 5.41) is 13.1. The fourth-order valence-electron chi connectivity index (χ4n) is 1.70. The first-order chi connectivity index (χ1) is 9.70. The molecule has 0 saturated heterocycles. The highest BCUT2D eigenvalue weighted by molar-refractivity contribution is 6.01. The van der Waals surface area contributed by atoms with E-state index < -0.39 is 5.91 Å². The Morgan fingerprint density at radius 1 is 1.50 bits per heavy atom. The minimum atomic E-state index is -0.393. The van der Waals surface area contributed by atoms with Gasteiger partial charge in [0, 0.05) is 12.4 Å². The topological polar surface area (TPSA) is 102 Å². The number of nitrogens with zero attached hydrogens (tertiary/aromatic N) is 4. The van der Waals surface area contributed by atoms with Crippen molar-refractivity contribution in [1.29, 1.82) is 0 Å². The van der Waals surface area contributed by atoms with E-state index in [1.165, 1.54) is 0 Å². The number of nitrogens with one attached hydrogen (secondary N) is 2. The lowest BCUT2D eigenvalue weighted by molar-refractivity contribution is 0.0994. The smallest absolute Gasteiger partial charge is 0.293 e. The molecule has 0 fully saturated rings. The van der Waals surface area contributed by atoms with Crippen LogP contribution in [0.15, 0.2) is 35.0 Å². The molecule has 0 spiro atoms. The fourth-order valence-corrected chi connectivity index (χ4v) is 1.70. The molecule has 20 heavy (non-hydrogen) atoms. The molecule has 0 aliphatic rings. The van der Waals surface area contributed by atoms with Gasteiger partial charge in [0.15, 0.2) is 5.76 Å². The summed E-state index contributed by atoms with van der Waals surface area (Å²) in [5.74, 6) is 1.30. The molecule has 1 amide bonds. The number of aromatic nitrogens is 5. The lowest BCUT2D eigenvalue weighted by Gasteiger charge is -1.98. The van der Waals surface area contributed by atoms with Crippen LogP contribution in [0, 0.1) is 6.92 Å². The standard InChI is InChI=1S/C12H12N6O2/c1-8-14-12(17-16-8)15-11(19)10-4-3-9(20-10)7-18-6-2-5-13-18/h2-6H,7H2,1H3,(H2,14,15,16,17,19). The lowest BCUT2D eigenvalue weighted by atomic mass is 10.4. The zero-order valence-corrected chi connectivity index (χ0v) is 10.7. The van der Waals surface area contributed by atoms with Gasteiger partial charge in [0.25, 0.3) is 5.91 Å². The van der Waals surface area contributed by atoms with Crippen LogP contribution in [0.5, 0.6) is 0 Å². The number of hydrogen-bond donors (Lipinski definition) is 2. The summed E-state index contributed by atoms with van der Waals surface area (Å²) in [6.07, 6.45) is 3.50. The molecule has 8 heteroatoms. The zero-order valence-electron chi connectivity index (χ0n) is 10.7. The number of hydrogen-bond acceptors (Lipinski definition) is 5. The van der Waals surface area contributed by atoms with Crippen LogP contribution in [0.25, 0.3) is 0 Å². The van der Waals surface area contributed by atoms with Crippen molar-refractivity contribution >= 4 is 11.9 Å². The van der Waals surface area contributed by atoms with Gasteiger partial charge in [-0.1, -0.05) is 0 Å². The monoisotopic (exact) mass is 272 g/mol. The third kappa shape index (κ3) is 2.58. The molecule has 0 atom stereocenters. The number of aromatic amines is 1. The Morgan fingerprint density at radius 3 is 3.10 bits per heavy atom. The molecule has 0 aliphatic heterocycles. The van der Waals surface area contributed by atoms with Gasteiger partial charge >= 0.3 is 0 Å². The van der Waals surface area contributed by atoms with Crippen molar-refractivity contribution < 1.29 is 9.21 Å². The first-order valence-electron chi connectivity index (χ1n) is 5.97. The summed E-state index contributed by atoms with van der Waals surface area (Å²) in [5.41, 5.74) is 0.